The summed E-state index contributed by atoms with van der Waals surface area (Å²) in [4.78, 5) is 2.16. The number of nitrogens with zero attached hydrogens (tertiary/aromatic N) is 1. The molecule has 0 saturated carbocycles. The fraction of sp³-hybridized carbons (Fsp3) is 1.00. The number of rotatable bonds is 9. The lowest BCUT2D eigenvalue weighted by molar-refractivity contribution is 0.185. The second-order valence-corrected chi connectivity index (χ2v) is 7.38. The summed E-state index contributed by atoms with van der Waals surface area (Å²) in [7, 11) is -2.86. The first-order chi connectivity index (χ1) is 8.57. The van der Waals surface area contributed by atoms with Gasteiger partial charge in [0.2, 0.25) is 0 Å². The van der Waals surface area contributed by atoms with Gasteiger partial charge in [0.15, 0.2) is 0 Å². The fourth-order valence-corrected chi connectivity index (χ4v) is 3.17. The summed E-state index contributed by atoms with van der Waals surface area (Å²) >= 11 is 0. The topological polar surface area (TPSA) is 69.6 Å². The van der Waals surface area contributed by atoms with Crippen molar-refractivity contribution in [3.05, 3.63) is 0 Å². The van der Waals surface area contributed by atoms with Crippen molar-refractivity contribution < 1.29 is 13.5 Å². The van der Waals surface area contributed by atoms with Crippen LogP contribution in [-0.4, -0.2) is 68.8 Å². The van der Waals surface area contributed by atoms with Gasteiger partial charge in [0.25, 0.3) is 0 Å². The van der Waals surface area contributed by atoms with Gasteiger partial charge >= 0.3 is 0 Å². The number of aliphatic hydroxyl groups excluding tert-OH is 1. The first-order valence-corrected chi connectivity index (χ1v) is 8.66. The van der Waals surface area contributed by atoms with Crippen LogP contribution < -0.4 is 5.32 Å². The molecule has 0 bridgehead atoms. The Morgan fingerprint density at radius 2 is 2.17 bits per heavy atom. The second-order valence-electron chi connectivity index (χ2n) is 4.91. The number of hydrogen-bond donors (Lipinski definition) is 2. The molecule has 1 unspecified atom stereocenters. The van der Waals surface area contributed by atoms with Crippen LogP contribution in [0.5, 0.6) is 0 Å². The lowest BCUT2D eigenvalue weighted by Gasteiger charge is -2.24. The van der Waals surface area contributed by atoms with Gasteiger partial charge < -0.3 is 10.4 Å². The number of aliphatic hydroxyl groups is 1. The Labute approximate surface area is 110 Å². The Hall–Kier alpha value is -0.170. The van der Waals surface area contributed by atoms with E-state index in [0.717, 1.165) is 19.6 Å². The predicted molar refractivity (Wildman–Crippen MR) is 73.5 cm³/mol. The summed E-state index contributed by atoms with van der Waals surface area (Å²) in [6, 6.07) is 0.499. The molecule has 1 aliphatic heterocycles. The number of sulfone groups is 1. The molecule has 0 aromatic heterocycles. The predicted octanol–water partition coefficient (Wildman–Crippen LogP) is -0.142. The van der Waals surface area contributed by atoms with E-state index in [2.05, 4.69) is 10.2 Å². The molecule has 0 amide bonds. The molecule has 108 valence electrons. The first kappa shape index (κ1) is 15.9. The SMILES string of the molecule is CCS(=O)(=O)CCCN(CCO)CC1CCCN1. The lowest BCUT2D eigenvalue weighted by Crippen LogP contribution is -2.39. The van der Waals surface area contributed by atoms with E-state index in [0.29, 0.717) is 19.0 Å². The molecule has 1 heterocycles. The van der Waals surface area contributed by atoms with Gasteiger partial charge in [0.05, 0.1) is 12.4 Å². The van der Waals surface area contributed by atoms with Gasteiger partial charge in [-0.3, -0.25) is 4.90 Å². The van der Waals surface area contributed by atoms with E-state index in [-0.39, 0.29) is 18.1 Å². The Kier molecular flexibility index (Phi) is 7.14. The molecule has 1 saturated heterocycles. The monoisotopic (exact) mass is 278 g/mol. The van der Waals surface area contributed by atoms with E-state index < -0.39 is 9.84 Å². The van der Waals surface area contributed by atoms with Gasteiger partial charge in [-0.2, -0.15) is 0 Å². The van der Waals surface area contributed by atoms with Crippen LogP contribution in [0.3, 0.4) is 0 Å². The van der Waals surface area contributed by atoms with Gasteiger partial charge in [0, 0.05) is 24.9 Å². The molecule has 0 aromatic rings. The summed E-state index contributed by atoms with van der Waals surface area (Å²) in [5.41, 5.74) is 0. The molecule has 1 fully saturated rings. The van der Waals surface area contributed by atoms with Gasteiger partial charge in [-0.05, 0) is 32.4 Å². The average Bonchev–Trinajstić information content (AvgIpc) is 2.82. The van der Waals surface area contributed by atoms with Crippen LogP contribution in [-0.2, 0) is 9.84 Å². The average molecular weight is 278 g/mol. The van der Waals surface area contributed by atoms with Crippen LogP contribution in [0.4, 0.5) is 0 Å². The molecule has 0 aliphatic carbocycles. The van der Waals surface area contributed by atoms with Crippen molar-refractivity contribution in [3.8, 4) is 0 Å². The minimum atomic E-state index is -2.86. The van der Waals surface area contributed by atoms with Crippen molar-refractivity contribution in [2.24, 2.45) is 0 Å². The van der Waals surface area contributed by atoms with Crippen LogP contribution in [0.1, 0.15) is 26.2 Å². The van der Waals surface area contributed by atoms with Gasteiger partial charge in [-0.25, -0.2) is 8.42 Å². The summed E-state index contributed by atoms with van der Waals surface area (Å²) in [5, 5.41) is 12.5. The highest BCUT2D eigenvalue weighted by Gasteiger charge is 2.18. The summed E-state index contributed by atoms with van der Waals surface area (Å²) in [6.45, 7) is 5.17. The van der Waals surface area contributed by atoms with Crippen LogP contribution in [0.2, 0.25) is 0 Å². The Morgan fingerprint density at radius 1 is 1.39 bits per heavy atom. The number of nitrogens with one attached hydrogen (secondary N) is 1. The zero-order valence-corrected chi connectivity index (χ0v) is 12.1. The molecular weight excluding hydrogens is 252 g/mol. The molecule has 1 atom stereocenters. The largest absolute Gasteiger partial charge is 0.395 e. The lowest BCUT2D eigenvalue weighted by atomic mass is 10.2. The van der Waals surface area contributed by atoms with Crippen molar-refractivity contribution in [2.45, 2.75) is 32.2 Å². The van der Waals surface area contributed by atoms with E-state index in [1.807, 2.05) is 0 Å². The quantitative estimate of drug-likeness (QED) is 0.614. The summed E-state index contributed by atoms with van der Waals surface area (Å²) in [5.74, 6) is 0.473. The molecule has 6 heteroatoms. The zero-order chi connectivity index (χ0) is 13.4. The molecule has 5 nitrogen and oxygen atoms in total. The first-order valence-electron chi connectivity index (χ1n) is 6.84. The smallest absolute Gasteiger partial charge is 0.150 e. The number of hydrogen-bond acceptors (Lipinski definition) is 5. The van der Waals surface area contributed by atoms with E-state index >= 15 is 0 Å². The third kappa shape index (κ3) is 6.13. The minimum Gasteiger partial charge on any atom is -0.395 e. The van der Waals surface area contributed by atoms with Crippen molar-refractivity contribution in [1.82, 2.24) is 10.2 Å². The molecule has 18 heavy (non-hydrogen) atoms. The fourth-order valence-electron chi connectivity index (χ4n) is 2.31. The molecule has 1 aliphatic rings. The molecule has 1 rings (SSSR count). The maximum absolute atomic E-state index is 11.4. The van der Waals surface area contributed by atoms with Crippen molar-refractivity contribution in [1.29, 1.82) is 0 Å². The zero-order valence-electron chi connectivity index (χ0n) is 11.3. The van der Waals surface area contributed by atoms with Crippen LogP contribution in [0.15, 0.2) is 0 Å². The van der Waals surface area contributed by atoms with Crippen LogP contribution in [0, 0.1) is 0 Å². The van der Waals surface area contributed by atoms with Crippen LogP contribution >= 0.6 is 0 Å². The van der Waals surface area contributed by atoms with E-state index in [1.165, 1.54) is 12.8 Å². The standard InChI is InChI=1S/C12H26N2O3S/c1-2-18(16,17)10-4-7-14(8-9-15)11-12-5-3-6-13-12/h12-13,15H,2-11H2,1H3. The maximum Gasteiger partial charge on any atom is 0.150 e. The molecule has 0 spiro atoms. The van der Waals surface area contributed by atoms with Crippen LogP contribution in [0.25, 0.3) is 0 Å². The van der Waals surface area contributed by atoms with E-state index in [1.54, 1.807) is 6.92 Å². The Balaban J connectivity index is 2.28. The highest BCUT2D eigenvalue weighted by molar-refractivity contribution is 7.91. The normalized spacial score (nSPS) is 20.7. The molecule has 0 radical (unpaired) electrons. The van der Waals surface area contributed by atoms with E-state index in [9.17, 15) is 8.42 Å². The Bertz CT molecular complexity index is 313. The minimum absolute atomic E-state index is 0.132. The molecular formula is C12H26N2O3S. The molecule has 0 aromatic carbocycles. The van der Waals surface area contributed by atoms with Gasteiger partial charge in [0.1, 0.15) is 9.84 Å². The van der Waals surface area contributed by atoms with Crippen molar-refractivity contribution >= 4 is 9.84 Å². The highest BCUT2D eigenvalue weighted by Crippen LogP contribution is 2.07. The third-order valence-electron chi connectivity index (χ3n) is 3.43. The highest BCUT2D eigenvalue weighted by atomic mass is 32.2. The van der Waals surface area contributed by atoms with Gasteiger partial charge in [-0.15, -0.1) is 0 Å². The van der Waals surface area contributed by atoms with Crippen molar-refractivity contribution in [3.63, 3.8) is 0 Å². The maximum atomic E-state index is 11.4. The Morgan fingerprint density at radius 3 is 2.72 bits per heavy atom. The third-order valence-corrected chi connectivity index (χ3v) is 5.22. The summed E-state index contributed by atoms with van der Waals surface area (Å²) < 4.78 is 22.8. The van der Waals surface area contributed by atoms with Crippen molar-refractivity contribution in [2.75, 3.05) is 44.3 Å². The second kappa shape index (κ2) is 8.09. The summed E-state index contributed by atoms with van der Waals surface area (Å²) in [6.07, 6.45) is 3.04. The molecule has 2 N–H and O–H groups in total. The van der Waals surface area contributed by atoms with E-state index in [4.69, 9.17) is 5.11 Å². The van der Waals surface area contributed by atoms with Gasteiger partial charge in [-0.1, -0.05) is 6.92 Å².